The van der Waals surface area contributed by atoms with E-state index < -0.39 is 0 Å². The molecule has 0 spiro atoms. The minimum atomic E-state index is 0.632. The second-order valence-corrected chi connectivity index (χ2v) is 6.12. The molecule has 19 heavy (non-hydrogen) atoms. The van der Waals surface area contributed by atoms with Crippen LogP contribution in [-0.4, -0.2) is 22.4 Å². The SMILES string of the molecule is CCCNC(Cc1cnn(C)c1)CC1CCCCC1. The summed E-state index contributed by atoms with van der Waals surface area (Å²) in [5, 5.41) is 8.02. The molecular weight excluding hydrogens is 234 g/mol. The van der Waals surface area contributed by atoms with E-state index in [-0.39, 0.29) is 0 Å². The lowest BCUT2D eigenvalue weighted by atomic mass is 9.84. The third kappa shape index (κ3) is 4.98. The Morgan fingerprint density at radius 2 is 2.16 bits per heavy atom. The predicted molar refractivity (Wildman–Crippen MR) is 80.2 cm³/mol. The first-order chi connectivity index (χ1) is 9.28. The molecule has 0 amide bonds. The van der Waals surface area contributed by atoms with Gasteiger partial charge in [0, 0.05) is 19.3 Å². The number of nitrogens with zero attached hydrogens (tertiary/aromatic N) is 2. The molecule has 1 N–H and O–H groups in total. The van der Waals surface area contributed by atoms with Crippen molar-refractivity contribution >= 4 is 0 Å². The second kappa shape index (κ2) is 7.68. The van der Waals surface area contributed by atoms with E-state index in [1.807, 2.05) is 17.9 Å². The van der Waals surface area contributed by atoms with Crippen LogP contribution in [0.2, 0.25) is 0 Å². The van der Waals surface area contributed by atoms with Gasteiger partial charge in [-0.25, -0.2) is 0 Å². The summed E-state index contributed by atoms with van der Waals surface area (Å²) in [5.41, 5.74) is 1.37. The van der Waals surface area contributed by atoms with Crippen LogP contribution in [0.4, 0.5) is 0 Å². The normalized spacial score (nSPS) is 18.6. The van der Waals surface area contributed by atoms with Gasteiger partial charge < -0.3 is 5.32 Å². The summed E-state index contributed by atoms with van der Waals surface area (Å²) >= 11 is 0. The van der Waals surface area contributed by atoms with Crippen molar-refractivity contribution in [1.29, 1.82) is 0 Å². The number of hydrogen-bond acceptors (Lipinski definition) is 2. The van der Waals surface area contributed by atoms with Gasteiger partial charge in [0.15, 0.2) is 0 Å². The molecule has 0 radical (unpaired) electrons. The molecule has 3 nitrogen and oxygen atoms in total. The molecule has 2 rings (SSSR count). The number of nitrogens with one attached hydrogen (secondary N) is 1. The van der Waals surface area contributed by atoms with Gasteiger partial charge in [0.25, 0.3) is 0 Å². The van der Waals surface area contributed by atoms with Crippen LogP contribution in [0.5, 0.6) is 0 Å². The highest BCUT2D eigenvalue weighted by molar-refractivity contribution is 5.06. The third-order valence-electron chi connectivity index (χ3n) is 4.27. The van der Waals surface area contributed by atoms with Crippen LogP contribution in [0.3, 0.4) is 0 Å². The molecule has 1 unspecified atom stereocenters. The molecule has 1 fully saturated rings. The Bertz CT molecular complexity index is 353. The van der Waals surface area contributed by atoms with Crippen molar-refractivity contribution in [2.45, 2.75) is 64.3 Å². The Labute approximate surface area is 117 Å². The van der Waals surface area contributed by atoms with Gasteiger partial charge in [-0.1, -0.05) is 39.0 Å². The van der Waals surface area contributed by atoms with Gasteiger partial charge in [0.1, 0.15) is 0 Å². The zero-order valence-electron chi connectivity index (χ0n) is 12.6. The van der Waals surface area contributed by atoms with Gasteiger partial charge in [-0.3, -0.25) is 4.68 Å². The zero-order valence-corrected chi connectivity index (χ0v) is 12.6. The summed E-state index contributed by atoms with van der Waals surface area (Å²) in [6.07, 6.45) is 15.1. The standard InChI is InChI=1S/C16H29N3/c1-3-9-17-16(10-14-7-5-4-6-8-14)11-15-12-18-19(2)13-15/h12-14,16-17H,3-11H2,1-2H3. The van der Waals surface area contributed by atoms with Crippen molar-refractivity contribution in [1.82, 2.24) is 15.1 Å². The molecule has 1 atom stereocenters. The van der Waals surface area contributed by atoms with E-state index in [1.165, 1.54) is 50.5 Å². The van der Waals surface area contributed by atoms with Gasteiger partial charge >= 0.3 is 0 Å². The van der Waals surface area contributed by atoms with E-state index >= 15 is 0 Å². The molecule has 1 aliphatic rings. The van der Waals surface area contributed by atoms with Crippen molar-refractivity contribution in [3.8, 4) is 0 Å². The largest absolute Gasteiger partial charge is 0.314 e. The van der Waals surface area contributed by atoms with Crippen molar-refractivity contribution in [3.05, 3.63) is 18.0 Å². The molecule has 0 bridgehead atoms. The van der Waals surface area contributed by atoms with E-state index in [0.717, 1.165) is 18.9 Å². The van der Waals surface area contributed by atoms with Crippen LogP contribution in [0.15, 0.2) is 12.4 Å². The Balaban J connectivity index is 1.86. The first kappa shape index (κ1) is 14.6. The summed E-state index contributed by atoms with van der Waals surface area (Å²) in [5.74, 6) is 0.944. The van der Waals surface area contributed by atoms with Gasteiger partial charge in [0.2, 0.25) is 0 Å². The third-order valence-corrected chi connectivity index (χ3v) is 4.27. The van der Waals surface area contributed by atoms with Crippen molar-refractivity contribution in [3.63, 3.8) is 0 Å². The Kier molecular flexibility index (Phi) is 5.90. The van der Waals surface area contributed by atoms with Gasteiger partial charge in [0.05, 0.1) is 6.20 Å². The summed E-state index contributed by atoms with van der Waals surface area (Å²) in [4.78, 5) is 0. The average Bonchev–Trinajstić information content (AvgIpc) is 2.82. The molecule has 3 heteroatoms. The quantitative estimate of drug-likeness (QED) is 0.818. The maximum Gasteiger partial charge on any atom is 0.0522 e. The van der Waals surface area contributed by atoms with Gasteiger partial charge in [-0.05, 0) is 37.3 Å². The summed E-state index contributed by atoms with van der Waals surface area (Å²) in [7, 11) is 2.00. The summed E-state index contributed by atoms with van der Waals surface area (Å²) in [6, 6.07) is 0.632. The number of aryl methyl sites for hydroxylation is 1. The first-order valence-electron chi connectivity index (χ1n) is 7.99. The topological polar surface area (TPSA) is 29.9 Å². The smallest absolute Gasteiger partial charge is 0.0522 e. The van der Waals surface area contributed by atoms with Gasteiger partial charge in [-0.2, -0.15) is 5.10 Å². The number of aromatic nitrogens is 2. The Morgan fingerprint density at radius 3 is 2.79 bits per heavy atom. The Morgan fingerprint density at radius 1 is 1.37 bits per heavy atom. The highest BCUT2D eigenvalue weighted by Gasteiger charge is 2.19. The molecule has 108 valence electrons. The summed E-state index contributed by atoms with van der Waals surface area (Å²) < 4.78 is 1.91. The highest BCUT2D eigenvalue weighted by Crippen LogP contribution is 2.28. The molecule has 1 saturated carbocycles. The lowest BCUT2D eigenvalue weighted by Gasteiger charge is -2.27. The van der Waals surface area contributed by atoms with Crippen LogP contribution >= 0.6 is 0 Å². The molecule has 1 heterocycles. The van der Waals surface area contributed by atoms with E-state index in [2.05, 4.69) is 23.5 Å². The predicted octanol–water partition coefficient (Wildman–Crippen LogP) is 3.30. The highest BCUT2D eigenvalue weighted by atomic mass is 15.2. The van der Waals surface area contributed by atoms with Crippen molar-refractivity contribution in [2.24, 2.45) is 13.0 Å². The molecular formula is C16H29N3. The fourth-order valence-electron chi connectivity index (χ4n) is 3.27. The average molecular weight is 263 g/mol. The van der Waals surface area contributed by atoms with E-state index in [0.29, 0.717) is 6.04 Å². The fraction of sp³-hybridized carbons (Fsp3) is 0.812. The number of rotatable bonds is 7. The first-order valence-corrected chi connectivity index (χ1v) is 7.99. The number of hydrogen-bond donors (Lipinski definition) is 1. The minimum absolute atomic E-state index is 0.632. The van der Waals surface area contributed by atoms with E-state index in [9.17, 15) is 0 Å². The van der Waals surface area contributed by atoms with Crippen LogP contribution in [-0.2, 0) is 13.5 Å². The van der Waals surface area contributed by atoms with Crippen LogP contribution in [0.25, 0.3) is 0 Å². The van der Waals surface area contributed by atoms with Crippen LogP contribution < -0.4 is 5.32 Å². The van der Waals surface area contributed by atoms with E-state index in [4.69, 9.17) is 0 Å². The summed E-state index contributed by atoms with van der Waals surface area (Å²) in [6.45, 7) is 3.38. The second-order valence-electron chi connectivity index (χ2n) is 6.12. The van der Waals surface area contributed by atoms with Gasteiger partial charge in [-0.15, -0.1) is 0 Å². The Hall–Kier alpha value is -0.830. The van der Waals surface area contributed by atoms with E-state index in [1.54, 1.807) is 0 Å². The molecule has 1 aromatic rings. The van der Waals surface area contributed by atoms with Crippen molar-refractivity contribution in [2.75, 3.05) is 6.54 Å². The zero-order chi connectivity index (χ0) is 13.5. The minimum Gasteiger partial charge on any atom is -0.314 e. The monoisotopic (exact) mass is 263 g/mol. The molecule has 0 aliphatic heterocycles. The molecule has 0 aromatic carbocycles. The molecule has 0 saturated heterocycles. The molecule has 1 aliphatic carbocycles. The van der Waals surface area contributed by atoms with Crippen LogP contribution in [0.1, 0.15) is 57.4 Å². The van der Waals surface area contributed by atoms with Crippen LogP contribution in [0, 0.1) is 5.92 Å². The maximum absolute atomic E-state index is 4.29. The maximum atomic E-state index is 4.29. The lowest BCUT2D eigenvalue weighted by Crippen LogP contribution is -2.34. The van der Waals surface area contributed by atoms with Crippen molar-refractivity contribution < 1.29 is 0 Å². The molecule has 1 aromatic heterocycles. The lowest BCUT2D eigenvalue weighted by molar-refractivity contribution is 0.296. The fourth-order valence-corrected chi connectivity index (χ4v) is 3.27.